The van der Waals surface area contributed by atoms with Crippen LogP contribution in [0.15, 0.2) is 12.1 Å². The third kappa shape index (κ3) is 3.64. The van der Waals surface area contributed by atoms with E-state index >= 15 is 0 Å². The Hall–Kier alpha value is -1.46. The van der Waals surface area contributed by atoms with Crippen molar-refractivity contribution >= 4 is 35.0 Å². The third-order valence-corrected chi connectivity index (χ3v) is 7.10. The quantitative estimate of drug-likeness (QED) is 0.680. The lowest BCUT2D eigenvalue weighted by Gasteiger charge is -2.31. The van der Waals surface area contributed by atoms with Crippen LogP contribution in [0.5, 0.6) is 5.75 Å². The maximum Gasteiger partial charge on any atom is 0.255 e. The van der Waals surface area contributed by atoms with Crippen LogP contribution in [0.4, 0.5) is 0 Å². The Morgan fingerprint density at radius 2 is 1.70 bits per heavy atom. The van der Waals surface area contributed by atoms with Crippen LogP contribution in [0, 0.1) is 5.92 Å². The summed E-state index contributed by atoms with van der Waals surface area (Å²) >= 11 is 11.9. The molecule has 3 fully saturated rings. The summed E-state index contributed by atoms with van der Waals surface area (Å²) < 4.78 is 0. The van der Waals surface area contributed by atoms with Crippen molar-refractivity contribution in [3.8, 4) is 5.75 Å². The van der Waals surface area contributed by atoms with Gasteiger partial charge in [0.1, 0.15) is 5.75 Å². The SMILES string of the molecule is O=C(CC1CCC1)NC12CCC(NC(=O)c3cc(Cl)cc(Cl)c3O)(CC1)C2. The molecule has 27 heavy (non-hydrogen) atoms. The molecule has 146 valence electrons. The molecule has 5 nitrogen and oxygen atoms in total. The van der Waals surface area contributed by atoms with Crippen molar-refractivity contribution in [2.45, 2.75) is 68.9 Å². The van der Waals surface area contributed by atoms with Gasteiger partial charge in [-0.1, -0.05) is 29.6 Å². The van der Waals surface area contributed by atoms with Gasteiger partial charge >= 0.3 is 0 Å². The number of nitrogens with one attached hydrogen (secondary N) is 2. The molecule has 2 amide bonds. The minimum Gasteiger partial charge on any atom is -0.506 e. The summed E-state index contributed by atoms with van der Waals surface area (Å²) in [5.41, 5.74) is -0.468. The van der Waals surface area contributed by atoms with E-state index < -0.39 is 0 Å². The van der Waals surface area contributed by atoms with Crippen molar-refractivity contribution in [1.29, 1.82) is 0 Å². The first-order valence-electron chi connectivity index (χ1n) is 9.61. The standard InChI is InChI=1S/C20H24Cl2N2O3/c21-13-9-14(17(26)15(22)10-13)18(27)24-20-6-4-19(11-20,5-7-20)23-16(25)8-12-2-1-3-12/h9-10,12,26H,1-8,11H2,(H,23,25)(H,24,27). The van der Waals surface area contributed by atoms with Crippen LogP contribution in [0.25, 0.3) is 0 Å². The van der Waals surface area contributed by atoms with Crippen molar-refractivity contribution in [1.82, 2.24) is 10.6 Å². The third-order valence-electron chi connectivity index (χ3n) is 6.60. The fraction of sp³-hybridized carbons (Fsp3) is 0.600. The molecule has 0 heterocycles. The number of hydrogen-bond acceptors (Lipinski definition) is 3. The van der Waals surface area contributed by atoms with Crippen LogP contribution in [0.2, 0.25) is 10.0 Å². The molecular weight excluding hydrogens is 387 g/mol. The maximum atomic E-state index is 12.8. The molecule has 3 N–H and O–H groups in total. The van der Waals surface area contributed by atoms with Gasteiger partial charge in [-0.15, -0.1) is 0 Å². The molecule has 0 unspecified atom stereocenters. The highest BCUT2D eigenvalue weighted by Gasteiger charge is 2.55. The summed E-state index contributed by atoms with van der Waals surface area (Å²) in [5, 5.41) is 16.8. The Bertz CT molecular complexity index is 784. The summed E-state index contributed by atoms with van der Waals surface area (Å²) in [6, 6.07) is 2.83. The van der Waals surface area contributed by atoms with E-state index in [0.717, 1.165) is 44.9 Å². The van der Waals surface area contributed by atoms with Crippen LogP contribution < -0.4 is 10.6 Å². The molecule has 1 aromatic rings. The summed E-state index contributed by atoms with van der Waals surface area (Å²) in [7, 11) is 0. The first kappa shape index (κ1) is 18.9. The Morgan fingerprint density at radius 1 is 1.07 bits per heavy atom. The first-order chi connectivity index (χ1) is 12.8. The molecule has 0 radical (unpaired) electrons. The lowest BCUT2D eigenvalue weighted by molar-refractivity contribution is -0.124. The fourth-order valence-electron chi connectivity index (χ4n) is 4.90. The van der Waals surface area contributed by atoms with E-state index in [1.54, 1.807) is 0 Å². The second-order valence-electron chi connectivity index (χ2n) is 8.52. The molecule has 0 spiro atoms. The minimum atomic E-state index is -0.379. The number of hydrogen-bond donors (Lipinski definition) is 3. The van der Waals surface area contributed by atoms with E-state index in [1.807, 2.05) is 0 Å². The number of rotatable bonds is 5. The van der Waals surface area contributed by atoms with Crippen molar-refractivity contribution in [3.05, 3.63) is 27.7 Å². The fourth-order valence-corrected chi connectivity index (χ4v) is 5.39. The number of aromatic hydroxyl groups is 1. The molecule has 2 bridgehead atoms. The number of benzene rings is 1. The minimum absolute atomic E-state index is 0.0561. The molecule has 3 saturated carbocycles. The second-order valence-corrected chi connectivity index (χ2v) is 9.37. The van der Waals surface area contributed by atoms with E-state index in [-0.39, 0.29) is 39.2 Å². The zero-order valence-corrected chi connectivity index (χ0v) is 16.6. The van der Waals surface area contributed by atoms with Crippen molar-refractivity contribution < 1.29 is 14.7 Å². The van der Waals surface area contributed by atoms with Gasteiger partial charge in [-0.05, 0) is 63.0 Å². The smallest absolute Gasteiger partial charge is 0.255 e. The van der Waals surface area contributed by atoms with E-state index in [9.17, 15) is 14.7 Å². The van der Waals surface area contributed by atoms with Gasteiger partial charge in [0.05, 0.1) is 10.6 Å². The van der Waals surface area contributed by atoms with Gasteiger partial charge in [0.25, 0.3) is 5.91 Å². The maximum absolute atomic E-state index is 12.8. The predicted molar refractivity (Wildman–Crippen MR) is 104 cm³/mol. The van der Waals surface area contributed by atoms with Crippen LogP contribution in [-0.4, -0.2) is 28.0 Å². The van der Waals surface area contributed by atoms with Gasteiger partial charge in [-0.3, -0.25) is 9.59 Å². The average Bonchev–Trinajstić information content (AvgIpc) is 3.09. The average molecular weight is 411 g/mol. The number of carbonyl (C=O) groups is 2. The van der Waals surface area contributed by atoms with Crippen molar-refractivity contribution in [2.24, 2.45) is 5.92 Å². The molecule has 1 aromatic carbocycles. The Morgan fingerprint density at radius 3 is 2.30 bits per heavy atom. The number of amides is 2. The highest BCUT2D eigenvalue weighted by molar-refractivity contribution is 6.36. The lowest BCUT2D eigenvalue weighted by atomic mass is 9.82. The number of phenols is 1. The molecule has 7 heteroatoms. The van der Waals surface area contributed by atoms with E-state index in [2.05, 4.69) is 10.6 Å². The Kier molecular flexibility index (Phi) is 4.79. The van der Waals surface area contributed by atoms with E-state index in [1.165, 1.54) is 18.6 Å². The van der Waals surface area contributed by atoms with Crippen LogP contribution in [0.3, 0.4) is 0 Å². The molecule has 3 aliphatic rings. The number of phenolic OH excluding ortho intramolecular Hbond substituents is 1. The number of carbonyl (C=O) groups excluding carboxylic acids is 2. The van der Waals surface area contributed by atoms with Crippen molar-refractivity contribution in [2.75, 3.05) is 0 Å². The molecule has 4 rings (SSSR count). The summed E-state index contributed by atoms with van der Waals surface area (Å²) in [4.78, 5) is 25.1. The van der Waals surface area contributed by atoms with E-state index in [4.69, 9.17) is 23.2 Å². The van der Waals surface area contributed by atoms with Gasteiger partial charge in [-0.2, -0.15) is 0 Å². The molecule has 0 saturated heterocycles. The second kappa shape index (κ2) is 6.85. The van der Waals surface area contributed by atoms with Gasteiger partial charge in [-0.25, -0.2) is 0 Å². The monoisotopic (exact) mass is 410 g/mol. The van der Waals surface area contributed by atoms with Gasteiger partial charge < -0.3 is 15.7 Å². The molecule has 0 aliphatic heterocycles. The Labute approximate surface area is 168 Å². The van der Waals surface area contributed by atoms with Gasteiger partial charge in [0, 0.05) is 22.5 Å². The van der Waals surface area contributed by atoms with Crippen LogP contribution >= 0.6 is 23.2 Å². The normalized spacial score (nSPS) is 29.4. The van der Waals surface area contributed by atoms with Crippen LogP contribution in [-0.2, 0) is 4.79 Å². The zero-order valence-electron chi connectivity index (χ0n) is 15.1. The first-order valence-corrected chi connectivity index (χ1v) is 10.4. The molecule has 0 atom stereocenters. The molecule has 0 aromatic heterocycles. The highest BCUT2D eigenvalue weighted by atomic mass is 35.5. The topological polar surface area (TPSA) is 78.4 Å². The van der Waals surface area contributed by atoms with E-state index in [0.29, 0.717) is 17.4 Å². The lowest BCUT2D eigenvalue weighted by Crippen LogP contribution is -2.46. The number of halogens is 2. The highest BCUT2D eigenvalue weighted by Crippen LogP contribution is 2.51. The van der Waals surface area contributed by atoms with Gasteiger partial charge in [0.15, 0.2) is 0 Å². The molecule has 3 aliphatic carbocycles. The van der Waals surface area contributed by atoms with Crippen LogP contribution in [0.1, 0.15) is 68.1 Å². The summed E-state index contributed by atoms with van der Waals surface area (Å²) in [6.45, 7) is 0. The number of fused-ring (bicyclic) bond motifs is 2. The predicted octanol–water partition coefficient (Wildman–Crippen LogP) is 4.19. The summed E-state index contributed by atoms with van der Waals surface area (Å²) in [5.74, 6) is 0.0497. The molecular formula is C20H24Cl2N2O3. The zero-order chi connectivity index (χ0) is 19.2. The summed E-state index contributed by atoms with van der Waals surface area (Å²) in [6.07, 6.45) is 8.27. The van der Waals surface area contributed by atoms with Crippen molar-refractivity contribution in [3.63, 3.8) is 0 Å². The Balaban J connectivity index is 1.42. The largest absolute Gasteiger partial charge is 0.506 e. The van der Waals surface area contributed by atoms with Gasteiger partial charge in [0.2, 0.25) is 5.91 Å².